The number of carbonyl (C=O) groups is 3. The summed E-state index contributed by atoms with van der Waals surface area (Å²) in [7, 11) is 0. The lowest BCUT2D eigenvalue weighted by molar-refractivity contribution is -0.0795. The van der Waals surface area contributed by atoms with Gasteiger partial charge in [-0.05, 0) is 108 Å². The number of aromatic amines is 1. The van der Waals surface area contributed by atoms with Crippen LogP contribution in [0.15, 0.2) is 163 Å². The average Bonchev–Trinajstić information content (AvgIpc) is 3.40. The Labute approximate surface area is 411 Å². The second-order valence-electron chi connectivity index (χ2n) is 18.1. The lowest BCUT2D eigenvalue weighted by atomic mass is 9.78. The van der Waals surface area contributed by atoms with Gasteiger partial charge >= 0.3 is 12.1 Å². The standard InChI is InChI=1S/C57H57N5O9/c63-49-24-22-47(48-23-25-51(65)60-52(48)49)50(64)35-58-33-38-14-18-44(19-15-38)55(66)62(36-39-8-3-1-4-9-39)30-31-69-56(67)45-20-16-40(17-21-45)37-70-46-13-7-10-41(32-46)34-59-57(68)71-54-43-26-28-61(29-27-43)53(54)42-11-5-2-6-12-42/h1-25,32,43,50,53-54,58,63-64H,26-31,33-37H2,(H,59,68)(H,60,65)/t50-,53+,54-/m0/s1. The van der Waals surface area contributed by atoms with Crippen molar-refractivity contribution in [2.45, 2.75) is 57.3 Å². The molecule has 14 heteroatoms. The van der Waals surface area contributed by atoms with Crippen molar-refractivity contribution in [3.05, 3.63) is 213 Å². The number of amides is 2. The van der Waals surface area contributed by atoms with Crippen molar-refractivity contribution in [3.63, 3.8) is 0 Å². The topological polar surface area (TPSA) is 183 Å². The van der Waals surface area contributed by atoms with E-state index < -0.39 is 18.2 Å². The van der Waals surface area contributed by atoms with Gasteiger partial charge in [-0.25, -0.2) is 9.59 Å². The summed E-state index contributed by atoms with van der Waals surface area (Å²) in [6.07, 6.45) is 0.510. The number of nitrogens with one attached hydrogen (secondary N) is 3. The maximum atomic E-state index is 13.9. The number of aromatic nitrogens is 1. The van der Waals surface area contributed by atoms with Crippen LogP contribution in [0.4, 0.5) is 4.79 Å². The maximum absolute atomic E-state index is 13.9. The number of benzene rings is 6. The zero-order valence-electron chi connectivity index (χ0n) is 39.2. The van der Waals surface area contributed by atoms with Crippen LogP contribution in [0.1, 0.15) is 79.1 Å². The number of pyridine rings is 1. The van der Waals surface area contributed by atoms with Crippen LogP contribution in [0.25, 0.3) is 10.9 Å². The van der Waals surface area contributed by atoms with Crippen molar-refractivity contribution in [2.75, 3.05) is 32.8 Å². The largest absolute Gasteiger partial charge is 0.506 e. The Morgan fingerprint density at radius 2 is 1.45 bits per heavy atom. The fourth-order valence-electron chi connectivity index (χ4n) is 9.54. The number of aliphatic hydroxyl groups is 1. The SMILES string of the molecule is O=C(NCc1cccc(OCc2ccc(C(=O)OCCN(Cc3ccccc3)C(=O)c3ccc(CNC[C@H](O)c4ccc(O)c5[nH]c(=O)ccc45)cc3)cc2)c1)O[C@H]1C2CCN(CC2)[C@@H]1c1ccccc1. The van der Waals surface area contributed by atoms with Crippen LogP contribution in [0.2, 0.25) is 0 Å². The van der Waals surface area contributed by atoms with Crippen molar-refractivity contribution >= 4 is 28.9 Å². The first-order valence-corrected chi connectivity index (χ1v) is 24.0. The zero-order chi connectivity index (χ0) is 49.1. The van der Waals surface area contributed by atoms with Crippen molar-refractivity contribution in [1.29, 1.82) is 0 Å². The molecule has 3 aliphatic rings. The zero-order valence-corrected chi connectivity index (χ0v) is 39.2. The maximum Gasteiger partial charge on any atom is 0.407 e. The van der Waals surface area contributed by atoms with E-state index in [-0.39, 0.29) is 67.7 Å². The number of ether oxygens (including phenoxy) is 3. The predicted molar refractivity (Wildman–Crippen MR) is 269 cm³/mol. The summed E-state index contributed by atoms with van der Waals surface area (Å²) in [6.45, 7) is 3.66. The number of nitrogens with zero attached hydrogens (tertiary/aromatic N) is 2. The number of rotatable bonds is 19. The number of phenolic OH excluding ortho intramolecular Hbond substituents is 1. The van der Waals surface area contributed by atoms with Crippen molar-refractivity contribution in [3.8, 4) is 11.5 Å². The van der Waals surface area contributed by atoms with Crippen LogP contribution < -0.4 is 20.9 Å². The number of hydrogen-bond acceptors (Lipinski definition) is 11. The van der Waals surface area contributed by atoms with Gasteiger partial charge in [-0.15, -0.1) is 0 Å². The lowest BCUT2D eigenvalue weighted by Gasteiger charge is -2.50. The normalized spacial score (nSPS) is 17.5. The summed E-state index contributed by atoms with van der Waals surface area (Å²) >= 11 is 0. The summed E-state index contributed by atoms with van der Waals surface area (Å²) in [5.74, 6) is 0.173. The molecule has 10 rings (SSSR count). The summed E-state index contributed by atoms with van der Waals surface area (Å²) in [5, 5.41) is 27.9. The van der Waals surface area contributed by atoms with Crippen LogP contribution in [0, 0.1) is 5.92 Å². The lowest BCUT2D eigenvalue weighted by Crippen LogP contribution is -2.54. The third kappa shape index (κ3) is 12.2. The highest BCUT2D eigenvalue weighted by Crippen LogP contribution is 2.42. The molecule has 3 fully saturated rings. The molecule has 1 aromatic heterocycles. The molecule has 3 saturated heterocycles. The molecule has 0 aliphatic carbocycles. The van der Waals surface area contributed by atoms with Crippen LogP contribution in [0.5, 0.6) is 11.5 Å². The van der Waals surface area contributed by atoms with E-state index >= 15 is 0 Å². The highest BCUT2D eigenvalue weighted by atomic mass is 16.6. The molecule has 6 aromatic carbocycles. The molecule has 0 spiro atoms. The molecular formula is C57H57N5O9. The van der Waals surface area contributed by atoms with Gasteiger partial charge in [0, 0.05) is 49.1 Å². The van der Waals surface area contributed by atoms with E-state index in [4.69, 9.17) is 14.2 Å². The smallest absolute Gasteiger partial charge is 0.407 e. The van der Waals surface area contributed by atoms with Gasteiger partial charge < -0.3 is 44.9 Å². The number of aromatic hydroxyl groups is 1. The minimum atomic E-state index is -0.912. The van der Waals surface area contributed by atoms with E-state index in [1.165, 1.54) is 17.7 Å². The van der Waals surface area contributed by atoms with E-state index in [1.807, 2.05) is 97.1 Å². The molecule has 4 heterocycles. The molecule has 7 aromatic rings. The van der Waals surface area contributed by atoms with Gasteiger partial charge in [0.2, 0.25) is 5.56 Å². The van der Waals surface area contributed by atoms with Crippen molar-refractivity contribution in [1.82, 2.24) is 25.4 Å². The first-order valence-electron chi connectivity index (χ1n) is 24.0. The quantitative estimate of drug-likeness (QED) is 0.0493. The number of hydrogen-bond donors (Lipinski definition) is 5. The first kappa shape index (κ1) is 48.3. The predicted octanol–water partition coefficient (Wildman–Crippen LogP) is 8.20. The molecule has 3 aliphatic heterocycles. The number of H-pyrrole nitrogens is 1. The molecule has 0 unspecified atom stereocenters. The number of esters is 1. The van der Waals surface area contributed by atoms with Crippen LogP contribution in [0.3, 0.4) is 0 Å². The van der Waals surface area contributed by atoms with Gasteiger partial charge in [-0.2, -0.15) is 0 Å². The van der Waals surface area contributed by atoms with E-state index in [2.05, 4.69) is 32.7 Å². The minimum absolute atomic E-state index is 0.0180. The van der Waals surface area contributed by atoms with Gasteiger partial charge in [0.15, 0.2) is 0 Å². The van der Waals surface area contributed by atoms with Crippen LogP contribution in [-0.4, -0.2) is 81.9 Å². The fraction of sp³-hybridized carbons (Fsp3) is 0.263. The molecule has 5 N–H and O–H groups in total. The van der Waals surface area contributed by atoms with Gasteiger partial charge in [0.1, 0.15) is 30.8 Å². The second kappa shape index (κ2) is 22.8. The third-order valence-electron chi connectivity index (χ3n) is 13.3. The highest BCUT2D eigenvalue weighted by Gasteiger charge is 2.45. The van der Waals surface area contributed by atoms with E-state index in [1.54, 1.807) is 41.3 Å². The van der Waals surface area contributed by atoms with Crippen molar-refractivity contribution < 1.29 is 38.8 Å². The summed E-state index contributed by atoms with van der Waals surface area (Å²) < 4.78 is 17.9. The molecule has 3 atom stereocenters. The Morgan fingerprint density at radius 3 is 2.21 bits per heavy atom. The molecule has 14 nitrogen and oxygen atoms in total. The Hall–Kier alpha value is -7.78. The Morgan fingerprint density at radius 1 is 0.746 bits per heavy atom. The summed E-state index contributed by atoms with van der Waals surface area (Å²) in [5.41, 5.74) is 6.04. The Bertz CT molecular complexity index is 2980. The van der Waals surface area contributed by atoms with E-state index in [0.717, 1.165) is 48.2 Å². The van der Waals surface area contributed by atoms with Gasteiger partial charge in [-0.1, -0.05) is 103 Å². The summed E-state index contributed by atoms with van der Waals surface area (Å²) in [6, 6.07) is 47.7. The van der Waals surface area contributed by atoms with Crippen molar-refractivity contribution in [2.24, 2.45) is 5.92 Å². The monoisotopic (exact) mass is 955 g/mol. The van der Waals surface area contributed by atoms with E-state index in [9.17, 15) is 29.4 Å². The van der Waals surface area contributed by atoms with Gasteiger partial charge in [0.25, 0.3) is 5.91 Å². The fourth-order valence-corrected chi connectivity index (χ4v) is 9.54. The van der Waals surface area contributed by atoms with Crippen LogP contribution in [-0.2, 0) is 35.7 Å². The molecule has 0 saturated carbocycles. The number of piperidine rings is 3. The molecule has 2 amide bonds. The molecule has 71 heavy (non-hydrogen) atoms. The van der Waals surface area contributed by atoms with Gasteiger partial charge in [-0.3, -0.25) is 14.5 Å². The molecule has 0 radical (unpaired) electrons. The molecule has 364 valence electrons. The molecular weight excluding hydrogens is 899 g/mol. The highest BCUT2D eigenvalue weighted by molar-refractivity contribution is 5.94. The minimum Gasteiger partial charge on any atom is -0.506 e. The number of carbonyl (C=O) groups excluding carboxylic acids is 3. The van der Waals surface area contributed by atoms with Crippen LogP contribution >= 0.6 is 0 Å². The summed E-state index contributed by atoms with van der Waals surface area (Å²) in [4.78, 5) is 58.7. The second-order valence-corrected chi connectivity index (χ2v) is 18.1. The average molecular weight is 956 g/mol. The van der Waals surface area contributed by atoms with Gasteiger partial charge in [0.05, 0.1) is 29.8 Å². The number of fused-ring (bicyclic) bond motifs is 4. The third-order valence-corrected chi connectivity index (χ3v) is 13.3. The number of aliphatic hydroxyl groups excluding tert-OH is 1. The number of phenols is 1. The Balaban J connectivity index is 0.731. The first-order chi connectivity index (χ1) is 34.6. The Kier molecular flexibility index (Phi) is 15.5. The van der Waals surface area contributed by atoms with E-state index in [0.29, 0.717) is 46.8 Å². The number of alkyl carbamates (subject to hydrolysis) is 1. The molecule has 2 bridgehead atoms.